The van der Waals surface area contributed by atoms with Gasteiger partial charge >= 0.3 is 6.03 Å². The fraction of sp³-hybridized carbons (Fsp3) is 0.160. The van der Waals surface area contributed by atoms with E-state index >= 15 is 0 Å². The number of nitrogens with one attached hydrogen (secondary N) is 1. The predicted octanol–water partition coefficient (Wildman–Crippen LogP) is 6.77. The normalized spacial score (nSPS) is 16.3. The Balaban J connectivity index is 1.68. The molecule has 0 fully saturated rings. The number of aryl methyl sites for hydroxylation is 2. The van der Waals surface area contributed by atoms with E-state index in [9.17, 15) is 4.79 Å². The first-order valence-electron chi connectivity index (χ1n) is 10.4. The van der Waals surface area contributed by atoms with Crippen LogP contribution in [0.3, 0.4) is 0 Å². The molecular weight excluding hydrogens is 456 g/mol. The summed E-state index contributed by atoms with van der Waals surface area (Å²) in [5, 5.41) is 9.84. The van der Waals surface area contributed by atoms with Gasteiger partial charge in [0.05, 0.1) is 22.2 Å². The highest BCUT2D eigenvalue weighted by Crippen LogP contribution is 2.40. The Bertz CT molecular complexity index is 1380. The van der Waals surface area contributed by atoms with Crippen molar-refractivity contribution in [3.8, 4) is 10.7 Å². The Labute approximate surface area is 200 Å². The molecule has 1 atom stereocenters. The minimum atomic E-state index is -0.441. The first-order chi connectivity index (χ1) is 15.9. The number of hydrogen-bond donors (Lipinski definition) is 1. The molecule has 2 aromatic carbocycles. The van der Waals surface area contributed by atoms with E-state index in [4.69, 9.17) is 16.1 Å². The van der Waals surface area contributed by atoms with E-state index < -0.39 is 6.04 Å². The minimum absolute atomic E-state index is 0.250. The smallest absolute Gasteiger partial charge is 0.326 e. The molecule has 0 saturated heterocycles. The van der Waals surface area contributed by atoms with Crippen LogP contribution in [0.5, 0.6) is 0 Å². The lowest BCUT2D eigenvalue weighted by Gasteiger charge is -2.35. The molecule has 33 heavy (non-hydrogen) atoms. The predicted molar refractivity (Wildman–Crippen MR) is 131 cm³/mol. The molecule has 0 bridgehead atoms. The van der Waals surface area contributed by atoms with Gasteiger partial charge in [0.25, 0.3) is 5.89 Å². The van der Waals surface area contributed by atoms with Crippen LogP contribution >= 0.6 is 22.9 Å². The largest absolute Gasteiger partial charge is 0.334 e. The quantitative estimate of drug-likeness (QED) is 0.352. The molecule has 0 aliphatic carbocycles. The fourth-order valence-corrected chi connectivity index (χ4v) is 4.81. The molecule has 0 spiro atoms. The number of allylic oxidation sites excluding steroid dienone is 1. The van der Waals surface area contributed by atoms with Crippen molar-refractivity contribution in [1.29, 1.82) is 0 Å². The van der Waals surface area contributed by atoms with Gasteiger partial charge in [-0.25, -0.2) is 4.79 Å². The van der Waals surface area contributed by atoms with Crippen molar-refractivity contribution in [3.63, 3.8) is 0 Å². The fourth-order valence-electron chi connectivity index (χ4n) is 3.98. The van der Waals surface area contributed by atoms with Crippen LogP contribution in [-0.4, -0.2) is 16.2 Å². The van der Waals surface area contributed by atoms with Crippen molar-refractivity contribution in [2.45, 2.75) is 26.8 Å². The van der Waals surface area contributed by atoms with Crippen LogP contribution in [0.25, 0.3) is 16.3 Å². The van der Waals surface area contributed by atoms with Crippen molar-refractivity contribution in [1.82, 2.24) is 15.5 Å². The zero-order chi connectivity index (χ0) is 23.1. The van der Waals surface area contributed by atoms with Crippen LogP contribution in [0.1, 0.15) is 35.5 Å². The third kappa shape index (κ3) is 3.94. The van der Waals surface area contributed by atoms with E-state index in [0.29, 0.717) is 28.1 Å². The molecule has 2 aromatic heterocycles. The molecule has 166 valence electrons. The van der Waals surface area contributed by atoms with Crippen molar-refractivity contribution in [3.05, 3.63) is 93.3 Å². The summed E-state index contributed by atoms with van der Waals surface area (Å²) in [6, 6.07) is 16.5. The molecule has 6 nitrogen and oxygen atoms in total. The van der Waals surface area contributed by atoms with Gasteiger partial charge in [0, 0.05) is 10.7 Å². The number of aromatic nitrogens is 2. The van der Waals surface area contributed by atoms with Crippen molar-refractivity contribution >= 4 is 40.2 Å². The van der Waals surface area contributed by atoms with E-state index in [-0.39, 0.29) is 6.03 Å². The van der Waals surface area contributed by atoms with Gasteiger partial charge in [-0.1, -0.05) is 47.1 Å². The third-order valence-electron chi connectivity index (χ3n) is 5.81. The summed E-state index contributed by atoms with van der Waals surface area (Å²) in [7, 11) is 0. The second-order valence-electron chi connectivity index (χ2n) is 7.94. The second kappa shape index (κ2) is 8.50. The summed E-state index contributed by atoms with van der Waals surface area (Å²) in [5.41, 5.74) is 5.37. The summed E-state index contributed by atoms with van der Waals surface area (Å²) in [5.74, 6) is 0.886. The SMILES string of the molecule is CC1=C(c2nc(-c3cccs3)no2)C(c2ccc(C)c(C)c2)NC(=O)N1c1cccc(Cl)c1. The number of hydrogen-bond acceptors (Lipinski definition) is 5. The third-order valence-corrected chi connectivity index (χ3v) is 6.91. The molecule has 1 aliphatic rings. The number of amides is 2. The molecular formula is C25H21ClN4O2S. The molecule has 0 saturated carbocycles. The number of carbonyl (C=O) groups is 1. The van der Waals surface area contributed by atoms with Gasteiger partial charge in [-0.05, 0) is 67.1 Å². The van der Waals surface area contributed by atoms with Crippen LogP contribution in [0.2, 0.25) is 5.02 Å². The van der Waals surface area contributed by atoms with Crippen LogP contribution in [0.15, 0.2) is 70.2 Å². The molecule has 0 radical (unpaired) electrons. The lowest BCUT2D eigenvalue weighted by Crippen LogP contribution is -2.46. The summed E-state index contributed by atoms with van der Waals surface area (Å²) < 4.78 is 5.73. The summed E-state index contributed by atoms with van der Waals surface area (Å²) >= 11 is 7.76. The molecule has 5 rings (SSSR count). The van der Waals surface area contributed by atoms with Crippen molar-refractivity contribution < 1.29 is 9.32 Å². The standard InChI is InChI=1S/C25H21ClN4O2S/c1-14-9-10-17(12-15(14)2)22-21(24-28-23(29-32-24)20-8-5-11-33-20)16(3)30(25(31)27-22)19-7-4-6-18(26)13-19/h4-13,22H,1-3H3,(H,27,31). The van der Waals surface area contributed by atoms with E-state index in [1.807, 2.05) is 42.6 Å². The number of rotatable bonds is 4. The lowest BCUT2D eigenvalue weighted by molar-refractivity contribution is 0.244. The van der Waals surface area contributed by atoms with Gasteiger partial charge in [-0.3, -0.25) is 4.90 Å². The van der Waals surface area contributed by atoms with Crippen LogP contribution in [0.4, 0.5) is 10.5 Å². The Kier molecular flexibility index (Phi) is 5.52. The Hall–Kier alpha value is -3.42. The monoisotopic (exact) mass is 476 g/mol. The van der Waals surface area contributed by atoms with Gasteiger partial charge in [-0.15, -0.1) is 11.3 Å². The van der Waals surface area contributed by atoms with Gasteiger partial charge in [0.15, 0.2) is 0 Å². The van der Waals surface area contributed by atoms with Gasteiger partial charge < -0.3 is 9.84 Å². The van der Waals surface area contributed by atoms with Crippen molar-refractivity contribution in [2.75, 3.05) is 4.90 Å². The first-order valence-corrected chi connectivity index (χ1v) is 11.7. The second-order valence-corrected chi connectivity index (χ2v) is 9.33. The molecule has 8 heteroatoms. The Morgan fingerprint density at radius 1 is 1.06 bits per heavy atom. The van der Waals surface area contributed by atoms with E-state index in [0.717, 1.165) is 21.6 Å². The highest BCUT2D eigenvalue weighted by Gasteiger charge is 2.36. The average molecular weight is 477 g/mol. The lowest BCUT2D eigenvalue weighted by atomic mass is 9.92. The minimum Gasteiger partial charge on any atom is -0.334 e. The van der Waals surface area contributed by atoms with Crippen molar-refractivity contribution in [2.24, 2.45) is 0 Å². The molecule has 2 amide bonds. The highest BCUT2D eigenvalue weighted by atomic mass is 35.5. The Morgan fingerprint density at radius 3 is 2.64 bits per heavy atom. The molecule has 4 aromatic rings. The van der Waals surface area contributed by atoms with Gasteiger partial charge in [0.2, 0.25) is 5.82 Å². The van der Waals surface area contributed by atoms with Crippen LogP contribution < -0.4 is 10.2 Å². The number of benzene rings is 2. The molecule has 1 N–H and O–H groups in total. The topological polar surface area (TPSA) is 71.3 Å². The highest BCUT2D eigenvalue weighted by molar-refractivity contribution is 7.13. The van der Waals surface area contributed by atoms with E-state index in [1.165, 1.54) is 5.56 Å². The maximum atomic E-state index is 13.3. The zero-order valence-corrected chi connectivity index (χ0v) is 19.9. The number of nitrogens with zero attached hydrogens (tertiary/aromatic N) is 3. The maximum Gasteiger partial charge on any atom is 0.326 e. The van der Waals surface area contributed by atoms with E-state index in [2.05, 4.69) is 41.4 Å². The van der Waals surface area contributed by atoms with E-state index in [1.54, 1.807) is 28.4 Å². The number of carbonyl (C=O) groups excluding carboxylic acids is 1. The molecule has 1 unspecified atom stereocenters. The van der Waals surface area contributed by atoms with Gasteiger partial charge in [0.1, 0.15) is 0 Å². The Morgan fingerprint density at radius 2 is 1.91 bits per heavy atom. The number of anilines is 1. The summed E-state index contributed by atoms with van der Waals surface area (Å²) in [6.45, 7) is 6.00. The average Bonchev–Trinajstić information content (AvgIpc) is 3.47. The number of urea groups is 1. The summed E-state index contributed by atoms with van der Waals surface area (Å²) in [6.07, 6.45) is 0. The first kappa shape index (κ1) is 21.4. The molecule has 3 heterocycles. The maximum absolute atomic E-state index is 13.3. The van der Waals surface area contributed by atoms with Crippen LogP contribution in [0, 0.1) is 13.8 Å². The summed E-state index contributed by atoms with van der Waals surface area (Å²) in [4.78, 5) is 20.5. The molecule has 1 aliphatic heterocycles. The number of thiophene rings is 1. The zero-order valence-electron chi connectivity index (χ0n) is 18.3. The number of halogens is 1. The van der Waals surface area contributed by atoms with Crippen LogP contribution in [-0.2, 0) is 0 Å². The van der Waals surface area contributed by atoms with Gasteiger partial charge in [-0.2, -0.15) is 4.98 Å².